The molecule has 21 heavy (non-hydrogen) atoms. The zero-order valence-corrected chi connectivity index (χ0v) is 13.2. The van der Waals surface area contributed by atoms with Crippen LogP contribution in [-0.4, -0.2) is 52.2 Å². The molecule has 7 heteroatoms. The molecule has 1 rings (SSSR count). The van der Waals surface area contributed by atoms with Crippen molar-refractivity contribution in [1.82, 2.24) is 0 Å². The molecule has 1 N–H and O–H groups in total. The highest BCUT2D eigenvalue weighted by molar-refractivity contribution is 7.91. The third kappa shape index (κ3) is 4.80. The van der Waals surface area contributed by atoms with E-state index < -0.39 is 15.8 Å². The van der Waals surface area contributed by atoms with E-state index in [-0.39, 0.29) is 22.8 Å². The number of methoxy groups -OCH3 is 1. The van der Waals surface area contributed by atoms with Crippen molar-refractivity contribution in [3.05, 3.63) is 28.8 Å². The number of aryl methyl sites for hydroxylation is 1. The van der Waals surface area contributed by atoms with E-state index >= 15 is 0 Å². The van der Waals surface area contributed by atoms with E-state index in [1.165, 1.54) is 19.2 Å². The summed E-state index contributed by atoms with van der Waals surface area (Å²) in [6, 6.07) is 2.67. The molecule has 0 amide bonds. The number of benzene rings is 1. The normalized spacial score (nSPS) is 11.6. The first-order chi connectivity index (χ1) is 9.79. The molecule has 0 radical (unpaired) electrons. The van der Waals surface area contributed by atoms with Gasteiger partial charge in [-0.3, -0.25) is 0 Å². The molecule has 0 atom stereocenters. The molecule has 0 spiro atoms. The molecule has 1 aromatic rings. The molecule has 0 aliphatic rings. The minimum absolute atomic E-state index is 0.0306. The van der Waals surface area contributed by atoms with E-state index in [1.54, 1.807) is 13.8 Å². The highest BCUT2D eigenvalue weighted by Crippen LogP contribution is 2.22. The quantitative estimate of drug-likeness (QED) is 0.730. The Labute approximate surface area is 124 Å². The van der Waals surface area contributed by atoms with Crippen LogP contribution >= 0.6 is 0 Å². The second-order valence-electron chi connectivity index (χ2n) is 4.65. The van der Waals surface area contributed by atoms with E-state index in [0.29, 0.717) is 24.3 Å². The van der Waals surface area contributed by atoms with E-state index in [2.05, 4.69) is 0 Å². The van der Waals surface area contributed by atoms with Crippen LogP contribution in [0.25, 0.3) is 0 Å². The predicted molar refractivity (Wildman–Crippen MR) is 77.6 cm³/mol. The third-order valence-corrected chi connectivity index (χ3v) is 4.93. The average molecular weight is 316 g/mol. The van der Waals surface area contributed by atoms with Gasteiger partial charge in [-0.25, -0.2) is 13.2 Å². The average Bonchev–Trinajstić information content (AvgIpc) is 2.40. The van der Waals surface area contributed by atoms with Crippen LogP contribution in [0, 0.1) is 13.8 Å². The Bertz CT molecular complexity index is 606. The van der Waals surface area contributed by atoms with Crippen LogP contribution < -0.4 is 0 Å². The Kier molecular flexibility index (Phi) is 6.32. The highest BCUT2D eigenvalue weighted by Gasteiger charge is 2.20. The van der Waals surface area contributed by atoms with Gasteiger partial charge in [-0.2, -0.15) is 0 Å². The van der Waals surface area contributed by atoms with Gasteiger partial charge < -0.3 is 14.6 Å². The fraction of sp³-hybridized carbons (Fsp3) is 0.500. The zero-order valence-electron chi connectivity index (χ0n) is 12.4. The smallest absolute Gasteiger partial charge is 0.335 e. The lowest BCUT2D eigenvalue weighted by molar-refractivity contribution is 0.0696. The Morgan fingerprint density at radius 2 is 1.86 bits per heavy atom. The first-order valence-electron chi connectivity index (χ1n) is 6.43. The number of hydrogen-bond donors (Lipinski definition) is 1. The molecule has 0 aliphatic carbocycles. The van der Waals surface area contributed by atoms with Gasteiger partial charge in [-0.05, 0) is 37.1 Å². The van der Waals surface area contributed by atoms with Crippen LogP contribution in [0.3, 0.4) is 0 Å². The van der Waals surface area contributed by atoms with Gasteiger partial charge >= 0.3 is 5.97 Å². The summed E-state index contributed by atoms with van der Waals surface area (Å²) in [4.78, 5) is 11.1. The van der Waals surface area contributed by atoms with Crippen LogP contribution in [0.1, 0.15) is 21.5 Å². The van der Waals surface area contributed by atoms with E-state index in [9.17, 15) is 13.2 Å². The Hall–Kier alpha value is -1.44. The maximum absolute atomic E-state index is 12.3. The minimum atomic E-state index is -3.59. The number of carboxylic acid groups (broad SMARTS) is 1. The fourth-order valence-electron chi connectivity index (χ4n) is 1.80. The topological polar surface area (TPSA) is 89.9 Å². The van der Waals surface area contributed by atoms with E-state index in [1.807, 2.05) is 0 Å². The molecular weight excluding hydrogens is 296 g/mol. The molecule has 1 aromatic carbocycles. The van der Waals surface area contributed by atoms with E-state index in [0.717, 1.165) is 0 Å². The highest BCUT2D eigenvalue weighted by atomic mass is 32.2. The van der Waals surface area contributed by atoms with Gasteiger partial charge in [-0.15, -0.1) is 0 Å². The summed E-state index contributed by atoms with van der Waals surface area (Å²) in [6.45, 7) is 4.11. The summed E-state index contributed by atoms with van der Waals surface area (Å²) in [5.74, 6) is -1.34. The molecule has 0 bridgehead atoms. The first-order valence-corrected chi connectivity index (χ1v) is 8.09. The van der Waals surface area contributed by atoms with Gasteiger partial charge in [-0.1, -0.05) is 0 Å². The summed E-state index contributed by atoms with van der Waals surface area (Å²) in [7, 11) is -2.05. The fourth-order valence-corrected chi connectivity index (χ4v) is 3.29. The SMILES string of the molecule is COCCOCCS(=O)(=O)c1cc(C(=O)O)cc(C)c1C. The van der Waals surface area contributed by atoms with Gasteiger partial charge in [0.25, 0.3) is 0 Å². The van der Waals surface area contributed by atoms with Crippen molar-refractivity contribution in [3.63, 3.8) is 0 Å². The number of carboxylic acids is 1. The maximum Gasteiger partial charge on any atom is 0.335 e. The van der Waals surface area contributed by atoms with Crippen LogP contribution in [0.2, 0.25) is 0 Å². The summed E-state index contributed by atoms with van der Waals surface area (Å²) in [5, 5.41) is 9.03. The van der Waals surface area contributed by atoms with Gasteiger partial charge in [0.2, 0.25) is 0 Å². The Balaban J connectivity index is 2.94. The van der Waals surface area contributed by atoms with Crippen molar-refractivity contribution in [2.24, 2.45) is 0 Å². The van der Waals surface area contributed by atoms with Gasteiger partial charge in [0.05, 0.1) is 36.0 Å². The molecule has 0 aromatic heterocycles. The lowest BCUT2D eigenvalue weighted by Gasteiger charge is -2.11. The largest absolute Gasteiger partial charge is 0.478 e. The molecule has 0 saturated heterocycles. The maximum atomic E-state index is 12.3. The van der Waals surface area contributed by atoms with Crippen LogP contribution in [0.15, 0.2) is 17.0 Å². The van der Waals surface area contributed by atoms with Crippen molar-refractivity contribution in [2.45, 2.75) is 18.7 Å². The molecule has 0 saturated carbocycles. The monoisotopic (exact) mass is 316 g/mol. The minimum Gasteiger partial charge on any atom is -0.478 e. The lowest BCUT2D eigenvalue weighted by Crippen LogP contribution is -2.16. The summed E-state index contributed by atoms with van der Waals surface area (Å²) in [6.07, 6.45) is 0. The Morgan fingerprint density at radius 3 is 2.43 bits per heavy atom. The summed E-state index contributed by atoms with van der Waals surface area (Å²) in [5.41, 5.74) is 1.17. The van der Waals surface area contributed by atoms with Crippen molar-refractivity contribution < 1.29 is 27.8 Å². The first kappa shape index (κ1) is 17.6. The van der Waals surface area contributed by atoms with Crippen molar-refractivity contribution in [2.75, 3.05) is 32.7 Å². The van der Waals surface area contributed by atoms with E-state index in [4.69, 9.17) is 14.6 Å². The molecule has 0 fully saturated rings. The van der Waals surface area contributed by atoms with Gasteiger partial charge in [0.15, 0.2) is 9.84 Å². The van der Waals surface area contributed by atoms with Crippen LogP contribution in [0.4, 0.5) is 0 Å². The number of rotatable bonds is 8. The number of carbonyl (C=O) groups is 1. The molecule has 0 aliphatic heterocycles. The third-order valence-electron chi connectivity index (χ3n) is 3.13. The molecule has 6 nitrogen and oxygen atoms in total. The number of hydrogen-bond acceptors (Lipinski definition) is 5. The second kappa shape index (κ2) is 7.53. The summed E-state index contributed by atoms with van der Waals surface area (Å²) >= 11 is 0. The zero-order chi connectivity index (χ0) is 16.0. The van der Waals surface area contributed by atoms with Crippen molar-refractivity contribution >= 4 is 15.8 Å². The van der Waals surface area contributed by atoms with Crippen molar-refractivity contribution in [3.8, 4) is 0 Å². The lowest BCUT2D eigenvalue weighted by atomic mass is 10.1. The van der Waals surface area contributed by atoms with Crippen molar-refractivity contribution in [1.29, 1.82) is 0 Å². The van der Waals surface area contributed by atoms with Crippen LogP contribution in [-0.2, 0) is 19.3 Å². The van der Waals surface area contributed by atoms with Crippen LogP contribution in [0.5, 0.6) is 0 Å². The standard InChI is InChI=1S/C14H20O6S/c1-10-8-12(14(15)16)9-13(11(10)2)21(17,18)7-6-20-5-4-19-3/h8-9H,4-7H2,1-3H3,(H,15,16). The molecule has 0 heterocycles. The van der Waals surface area contributed by atoms with Gasteiger partial charge in [0.1, 0.15) is 0 Å². The summed E-state index contributed by atoms with van der Waals surface area (Å²) < 4.78 is 34.6. The molecular formula is C14H20O6S. The number of sulfone groups is 1. The van der Waals surface area contributed by atoms with Gasteiger partial charge in [0, 0.05) is 7.11 Å². The number of aromatic carboxylic acids is 1. The second-order valence-corrected chi connectivity index (χ2v) is 6.72. The molecule has 0 unspecified atom stereocenters. The predicted octanol–water partition coefficient (Wildman–Crippen LogP) is 1.44. The number of ether oxygens (including phenoxy) is 2. The Morgan fingerprint density at radius 1 is 1.19 bits per heavy atom. The molecule has 118 valence electrons.